The highest BCUT2D eigenvalue weighted by Gasteiger charge is 1.97. The highest BCUT2D eigenvalue weighted by atomic mass is 16.5. The van der Waals surface area contributed by atoms with Gasteiger partial charge in [-0.15, -0.1) is 0 Å². The first-order valence-corrected chi connectivity index (χ1v) is 4.56. The van der Waals surface area contributed by atoms with Gasteiger partial charge in [-0.25, -0.2) is 0 Å². The first kappa shape index (κ1) is 11.8. The zero-order chi connectivity index (χ0) is 10.3. The maximum atomic E-state index is 10.8. The van der Waals surface area contributed by atoms with E-state index in [1.54, 1.807) is 6.20 Å². The fourth-order valence-corrected chi connectivity index (χ4v) is 0.836. The van der Waals surface area contributed by atoms with Crippen LogP contribution >= 0.6 is 0 Å². The minimum absolute atomic E-state index is 0.126. The maximum Gasteiger partial charge on any atom is 0.251 e. The standard InChI is InChI=1S/C8H11NO2.C2H6/c1-3-11-7-4-8(10)9-5-6(7)2;1-2/h4-5H,3H2,1-2H3,(H,9,10);1-2H3. The fourth-order valence-electron chi connectivity index (χ4n) is 0.836. The molecule has 1 heterocycles. The van der Waals surface area contributed by atoms with Crippen LogP contribution in [0.4, 0.5) is 0 Å². The molecule has 0 spiro atoms. The van der Waals surface area contributed by atoms with Crippen molar-refractivity contribution in [3.8, 4) is 5.75 Å². The Morgan fingerprint density at radius 3 is 2.62 bits per heavy atom. The van der Waals surface area contributed by atoms with Gasteiger partial charge in [0.05, 0.1) is 6.61 Å². The molecule has 0 aromatic carbocycles. The second kappa shape index (κ2) is 6.29. The molecule has 3 nitrogen and oxygen atoms in total. The van der Waals surface area contributed by atoms with E-state index in [1.165, 1.54) is 6.07 Å². The van der Waals surface area contributed by atoms with Gasteiger partial charge in [-0.3, -0.25) is 4.79 Å². The van der Waals surface area contributed by atoms with Crippen LogP contribution in [-0.2, 0) is 0 Å². The van der Waals surface area contributed by atoms with E-state index in [-0.39, 0.29) is 5.56 Å². The summed E-state index contributed by atoms with van der Waals surface area (Å²) in [4.78, 5) is 13.3. The van der Waals surface area contributed by atoms with Gasteiger partial charge in [0.2, 0.25) is 0 Å². The van der Waals surface area contributed by atoms with E-state index in [9.17, 15) is 4.79 Å². The van der Waals surface area contributed by atoms with Gasteiger partial charge in [0.1, 0.15) is 5.75 Å². The second-order valence-electron chi connectivity index (χ2n) is 2.28. The van der Waals surface area contributed by atoms with Gasteiger partial charge in [-0.2, -0.15) is 0 Å². The van der Waals surface area contributed by atoms with Gasteiger partial charge in [0, 0.05) is 17.8 Å². The molecular formula is C10H17NO2. The van der Waals surface area contributed by atoms with Crippen molar-refractivity contribution in [3.63, 3.8) is 0 Å². The van der Waals surface area contributed by atoms with Crippen molar-refractivity contribution in [1.29, 1.82) is 0 Å². The molecule has 1 N–H and O–H groups in total. The molecule has 0 saturated carbocycles. The number of aromatic amines is 1. The average Bonchev–Trinajstić information content (AvgIpc) is 2.15. The first-order valence-electron chi connectivity index (χ1n) is 4.56. The minimum Gasteiger partial charge on any atom is -0.493 e. The third-order valence-corrected chi connectivity index (χ3v) is 1.38. The van der Waals surface area contributed by atoms with Gasteiger partial charge in [-0.05, 0) is 13.8 Å². The van der Waals surface area contributed by atoms with E-state index < -0.39 is 0 Å². The summed E-state index contributed by atoms with van der Waals surface area (Å²) in [6.07, 6.45) is 1.65. The summed E-state index contributed by atoms with van der Waals surface area (Å²) >= 11 is 0. The van der Waals surface area contributed by atoms with Gasteiger partial charge in [-0.1, -0.05) is 13.8 Å². The Labute approximate surface area is 78.8 Å². The molecule has 0 bridgehead atoms. The zero-order valence-electron chi connectivity index (χ0n) is 8.68. The van der Waals surface area contributed by atoms with Crippen molar-refractivity contribution in [3.05, 3.63) is 28.2 Å². The summed E-state index contributed by atoms with van der Waals surface area (Å²) in [6.45, 7) is 8.37. The van der Waals surface area contributed by atoms with E-state index in [0.29, 0.717) is 12.4 Å². The van der Waals surface area contributed by atoms with E-state index in [0.717, 1.165) is 5.56 Å². The molecule has 0 atom stereocenters. The van der Waals surface area contributed by atoms with Crippen molar-refractivity contribution < 1.29 is 4.74 Å². The Kier molecular flexibility index (Phi) is 5.68. The van der Waals surface area contributed by atoms with Crippen molar-refractivity contribution in [2.45, 2.75) is 27.7 Å². The third-order valence-electron chi connectivity index (χ3n) is 1.38. The van der Waals surface area contributed by atoms with Crippen LogP contribution in [0.1, 0.15) is 26.3 Å². The van der Waals surface area contributed by atoms with Crippen LogP contribution in [0.2, 0.25) is 0 Å². The van der Waals surface area contributed by atoms with Crippen LogP contribution in [0.25, 0.3) is 0 Å². The summed E-state index contributed by atoms with van der Waals surface area (Å²) in [6, 6.07) is 1.46. The molecule has 3 heteroatoms. The van der Waals surface area contributed by atoms with Crippen LogP contribution in [0.5, 0.6) is 5.75 Å². The molecule has 0 saturated heterocycles. The summed E-state index contributed by atoms with van der Waals surface area (Å²) in [5, 5.41) is 0. The summed E-state index contributed by atoms with van der Waals surface area (Å²) < 4.78 is 5.20. The summed E-state index contributed by atoms with van der Waals surface area (Å²) in [5.41, 5.74) is 0.825. The number of rotatable bonds is 2. The van der Waals surface area contributed by atoms with E-state index in [1.807, 2.05) is 27.7 Å². The van der Waals surface area contributed by atoms with Crippen molar-refractivity contribution in [2.75, 3.05) is 6.61 Å². The van der Waals surface area contributed by atoms with Crippen LogP contribution < -0.4 is 10.3 Å². The molecule has 0 aliphatic heterocycles. The molecule has 0 aliphatic carbocycles. The normalized spacial score (nSPS) is 8.62. The number of aromatic nitrogens is 1. The Bertz CT molecular complexity index is 291. The van der Waals surface area contributed by atoms with E-state index in [2.05, 4.69) is 4.98 Å². The van der Waals surface area contributed by atoms with Gasteiger partial charge in [0.25, 0.3) is 5.56 Å². The number of aryl methyl sites for hydroxylation is 1. The van der Waals surface area contributed by atoms with E-state index >= 15 is 0 Å². The Morgan fingerprint density at radius 2 is 2.08 bits per heavy atom. The smallest absolute Gasteiger partial charge is 0.251 e. The van der Waals surface area contributed by atoms with Crippen LogP contribution in [0, 0.1) is 6.92 Å². The molecule has 0 aliphatic rings. The lowest BCUT2D eigenvalue weighted by atomic mass is 10.3. The quantitative estimate of drug-likeness (QED) is 0.763. The maximum absolute atomic E-state index is 10.8. The third kappa shape index (κ3) is 3.78. The predicted octanol–water partition coefficient (Wildman–Crippen LogP) is 2.11. The molecular weight excluding hydrogens is 166 g/mol. The number of hydrogen-bond donors (Lipinski definition) is 1. The molecule has 74 valence electrons. The molecule has 0 radical (unpaired) electrons. The SMILES string of the molecule is CC.CCOc1cc(=O)[nH]cc1C. The fraction of sp³-hybridized carbons (Fsp3) is 0.500. The molecule has 0 fully saturated rings. The molecule has 1 aromatic rings. The van der Waals surface area contributed by atoms with E-state index in [4.69, 9.17) is 4.74 Å². The molecule has 13 heavy (non-hydrogen) atoms. The summed E-state index contributed by atoms with van der Waals surface area (Å²) in [5.74, 6) is 0.663. The molecule has 1 rings (SSSR count). The number of ether oxygens (including phenoxy) is 1. The lowest BCUT2D eigenvalue weighted by Gasteiger charge is -2.03. The number of H-pyrrole nitrogens is 1. The highest BCUT2D eigenvalue weighted by Crippen LogP contribution is 2.11. The lowest BCUT2D eigenvalue weighted by Crippen LogP contribution is -2.06. The number of hydrogen-bond acceptors (Lipinski definition) is 2. The zero-order valence-corrected chi connectivity index (χ0v) is 8.68. The van der Waals surface area contributed by atoms with Gasteiger partial charge in [0.15, 0.2) is 0 Å². The van der Waals surface area contributed by atoms with Gasteiger partial charge >= 0.3 is 0 Å². The minimum atomic E-state index is -0.126. The Balaban J connectivity index is 0.000000671. The number of pyridine rings is 1. The average molecular weight is 183 g/mol. The molecule has 1 aromatic heterocycles. The van der Waals surface area contributed by atoms with Crippen molar-refractivity contribution in [2.24, 2.45) is 0 Å². The topological polar surface area (TPSA) is 42.1 Å². The Morgan fingerprint density at radius 1 is 1.46 bits per heavy atom. The van der Waals surface area contributed by atoms with Crippen LogP contribution in [0.3, 0.4) is 0 Å². The molecule has 0 amide bonds. The first-order chi connectivity index (χ1) is 6.24. The largest absolute Gasteiger partial charge is 0.493 e. The highest BCUT2D eigenvalue weighted by molar-refractivity contribution is 5.28. The van der Waals surface area contributed by atoms with Crippen molar-refractivity contribution in [1.82, 2.24) is 4.98 Å². The van der Waals surface area contributed by atoms with Gasteiger partial charge < -0.3 is 9.72 Å². The number of nitrogens with one attached hydrogen (secondary N) is 1. The second-order valence-corrected chi connectivity index (χ2v) is 2.28. The van der Waals surface area contributed by atoms with Crippen LogP contribution in [0.15, 0.2) is 17.1 Å². The monoisotopic (exact) mass is 183 g/mol. The van der Waals surface area contributed by atoms with Crippen molar-refractivity contribution >= 4 is 0 Å². The van der Waals surface area contributed by atoms with Crippen LogP contribution in [-0.4, -0.2) is 11.6 Å². The molecule has 0 unspecified atom stereocenters. The summed E-state index contributed by atoms with van der Waals surface area (Å²) in [7, 11) is 0. The Hall–Kier alpha value is -1.25. The predicted molar refractivity (Wildman–Crippen MR) is 54.3 cm³/mol. The lowest BCUT2D eigenvalue weighted by molar-refractivity contribution is 0.337.